The van der Waals surface area contributed by atoms with Crippen LogP contribution in [-0.2, 0) is 22.6 Å². The predicted molar refractivity (Wildman–Crippen MR) is 141 cm³/mol. The van der Waals surface area contributed by atoms with Gasteiger partial charge in [-0.3, -0.25) is 4.79 Å². The Hall–Kier alpha value is -2.98. The molecule has 202 valence electrons. The van der Waals surface area contributed by atoms with E-state index in [9.17, 15) is 24.9 Å². The maximum absolute atomic E-state index is 11.8. The van der Waals surface area contributed by atoms with Crippen LogP contribution < -0.4 is 15.5 Å². The summed E-state index contributed by atoms with van der Waals surface area (Å²) in [6.45, 7) is 2.56. The molecule has 0 aromatic heterocycles. The molecule has 0 saturated carbocycles. The second kappa shape index (κ2) is 15.3. The molecule has 3 amide bonds. The van der Waals surface area contributed by atoms with E-state index in [4.69, 9.17) is 4.74 Å². The molecule has 2 aromatic carbocycles. The van der Waals surface area contributed by atoms with Crippen molar-refractivity contribution in [2.45, 2.75) is 57.7 Å². The maximum Gasteiger partial charge on any atom is 0.329 e. The molecule has 5 N–H and O–H groups in total. The first-order valence-electron chi connectivity index (χ1n) is 13.1. The Morgan fingerprint density at radius 2 is 1.70 bits per heavy atom. The molecule has 1 aliphatic heterocycles. The number of nitrogens with one attached hydrogen (secondary N) is 2. The molecule has 0 spiro atoms. The van der Waals surface area contributed by atoms with Crippen molar-refractivity contribution in [2.24, 2.45) is 0 Å². The van der Waals surface area contributed by atoms with Crippen LogP contribution in [-0.4, -0.2) is 60.1 Å². The van der Waals surface area contributed by atoms with Crippen molar-refractivity contribution < 1.29 is 29.6 Å². The highest BCUT2D eigenvalue weighted by Gasteiger charge is 2.29. The predicted octanol–water partition coefficient (Wildman–Crippen LogP) is 3.16. The molecule has 0 bridgehead atoms. The Kier molecular flexibility index (Phi) is 11.8. The molecule has 1 heterocycles. The number of imide groups is 1. The topological polar surface area (TPSA) is 131 Å². The van der Waals surface area contributed by atoms with Crippen LogP contribution >= 0.6 is 0 Å². The first-order chi connectivity index (χ1) is 18.0. The lowest BCUT2D eigenvalue weighted by Gasteiger charge is -2.14. The standard InChI is InChI=1S/C28H39N3O6/c32-20-23-17-22(10-13-25(23)33)26(34)18-29-14-4-1-2-5-15-37-16-6-3-7-21-8-11-24(12-9-21)31-27(35)19-30-28(31)36/h8-13,17,26,29,32-34H,1-7,14-16,18-20H2,(H,30,36)/t26-/m1/s1. The number of aromatic hydroxyl groups is 1. The summed E-state index contributed by atoms with van der Waals surface area (Å²) < 4.78 is 5.74. The van der Waals surface area contributed by atoms with Crippen molar-refractivity contribution in [1.82, 2.24) is 10.6 Å². The number of nitrogens with zero attached hydrogens (tertiary/aromatic N) is 1. The molecule has 0 aliphatic carbocycles. The number of carbonyl (C=O) groups is 2. The summed E-state index contributed by atoms with van der Waals surface area (Å²) in [6.07, 6.45) is 6.52. The smallest absolute Gasteiger partial charge is 0.329 e. The van der Waals surface area contributed by atoms with E-state index in [0.717, 1.165) is 64.7 Å². The number of urea groups is 1. The number of ether oxygens (including phenoxy) is 1. The lowest BCUT2D eigenvalue weighted by atomic mass is 10.1. The number of hydrogen-bond acceptors (Lipinski definition) is 7. The van der Waals surface area contributed by atoms with Crippen molar-refractivity contribution in [3.8, 4) is 5.75 Å². The minimum Gasteiger partial charge on any atom is -0.508 e. The minimum absolute atomic E-state index is 0.0352. The van der Waals surface area contributed by atoms with Crippen LogP contribution in [0.2, 0.25) is 0 Å². The quantitative estimate of drug-likeness (QED) is 0.162. The van der Waals surface area contributed by atoms with Crippen LogP contribution in [0.4, 0.5) is 10.5 Å². The molecule has 0 radical (unpaired) electrons. The van der Waals surface area contributed by atoms with Gasteiger partial charge in [-0.25, -0.2) is 9.69 Å². The number of carbonyl (C=O) groups excluding carboxylic acids is 2. The third-order valence-electron chi connectivity index (χ3n) is 6.43. The van der Waals surface area contributed by atoms with Gasteiger partial charge >= 0.3 is 6.03 Å². The number of aliphatic hydroxyl groups is 2. The molecule has 1 aliphatic rings. The van der Waals surface area contributed by atoms with Gasteiger partial charge in [0.2, 0.25) is 0 Å². The number of rotatable bonds is 17. The van der Waals surface area contributed by atoms with Crippen LogP contribution in [0.15, 0.2) is 42.5 Å². The molecule has 1 atom stereocenters. The molecular weight excluding hydrogens is 474 g/mol. The summed E-state index contributed by atoms with van der Waals surface area (Å²) in [5.41, 5.74) is 2.87. The number of amides is 3. The summed E-state index contributed by atoms with van der Waals surface area (Å²) in [4.78, 5) is 24.7. The van der Waals surface area contributed by atoms with Gasteiger partial charge in [-0.2, -0.15) is 0 Å². The summed E-state index contributed by atoms with van der Waals surface area (Å²) in [5, 5.41) is 34.9. The number of anilines is 1. The molecule has 3 rings (SSSR count). The van der Waals surface area contributed by atoms with Crippen LogP contribution in [0.25, 0.3) is 0 Å². The van der Waals surface area contributed by atoms with Crippen molar-refractivity contribution in [1.29, 1.82) is 0 Å². The SMILES string of the molecule is O=C1CNC(=O)N1c1ccc(CCCCOCCCCCCNC[C@@H](O)c2ccc(O)c(CO)c2)cc1. The Bertz CT molecular complexity index is 982. The van der Waals surface area contributed by atoms with Crippen LogP contribution in [0.1, 0.15) is 61.3 Å². The summed E-state index contributed by atoms with van der Waals surface area (Å²) in [5.74, 6) is -0.195. The number of unbranched alkanes of at least 4 members (excludes halogenated alkanes) is 4. The van der Waals surface area contributed by atoms with E-state index in [-0.39, 0.29) is 30.8 Å². The van der Waals surface area contributed by atoms with E-state index in [1.54, 1.807) is 12.1 Å². The monoisotopic (exact) mass is 513 g/mol. The number of aliphatic hydroxyl groups excluding tert-OH is 2. The summed E-state index contributed by atoms with van der Waals surface area (Å²) in [7, 11) is 0. The lowest BCUT2D eigenvalue weighted by molar-refractivity contribution is -0.115. The van der Waals surface area contributed by atoms with Crippen molar-refractivity contribution in [3.63, 3.8) is 0 Å². The molecule has 9 heteroatoms. The summed E-state index contributed by atoms with van der Waals surface area (Å²) in [6, 6.07) is 12.0. The fraction of sp³-hybridized carbons (Fsp3) is 0.500. The second-order valence-corrected chi connectivity index (χ2v) is 9.30. The van der Waals surface area contributed by atoms with E-state index >= 15 is 0 Å². The average Bonchev–Trinajstić information content (AvgIpc) is 3.24. The zero-order valence-electron chi connectivity index (χ0n) is 21.3. The van der Waals surface area contributed by atoms with Crippen molar-refractivity contribution in [2.75, 3.05) is 37.7 Å². The van der Waals surface area contributed by atoms with E-state index in [2.05, 4.69) is 10.6 Å². The highest BCUT2D eigenvalue weighted by molar-refractivity contribution is 6.19. The van der Waals surface area contributed by atoms with Crippen LogP contribution in [0.3, 0.4) is 0 Å². The molecule has 37 heavy (non-hydrogen) atoms. The molecule has 2 aromatic rings. The molecule has 9 nitrogen and oxygen atoms in total. The average molecular weight is 514 g/mol. The van der Waals surface area contributed by atoms with Gasteiger partial charge < -0.3 is 30.7 Å². The highest BCUT2D eigenvalue weighted by atomic mass is 16.5. The van der Waals surface area contributed by atoms with Gasteiger partial charge in [-0.05, 0) is 74.0 Å². The second-order valence-electron chi connectivity index (χ2n) is 9.30. The minimum atomic E-state index is -0.678. The van der Waals surface area contributed by atoms with Gasteiger partial charge in [0.1, 0.15) is 5.75 Å². The molecule has 1 saturated heterocycles. The number of benzene rings is 2. The van der Waals surface area contributed by atoms with E-state index in [1.807, 2.05) is 24.3 Å². The Balaban J connectivity index is 1.14. The normalized spacial score (nSPS) is 14.3. The Morgan fingerprint density at radius 1 is 0.973 bits per heavy atom. The third kappa shape index (κ3) is 9.12. The number of aryl methyl sites for hydroxylation is 1. The zero-order valence-corrected chi connectivity index (χ0v) is 21.3. The number of hydrogen-bond donors (Lipinski definition) is 5. The van der Waals surface area contributed by atoms with E-state index < -0.39 is 6.10 Å². The zero-order chi connectivity index (χ0) is 26.5. The third-order valence-corrected chi connectivity index (χ3v) is 6.43. The Labute approximate surface area is 218 Å². The lowest BCUT2D eigenvalue weighted by Crippen LogP contribution is -2.30. The summed E-state index contributed by atoms with van der Waals surface area (Å²) >= 11 is 0. The van der Waals surface area contributed by atoms with Crippen molar-refractivity contribution >= 4 is 17.6 Å². The molecule has 1 fully saturated rings. The first kappa shape index (κ1) is 28.6. The molecular formula is C28H39N3O6. The van der Waals surface area contributed by atoms with E-state index in [1.165, 1.54) is 16.5 Å². The fourth-order valence-electron chi connectivity index (χ4n) is 4.23. The van der Waals surface area contributed by atoms with Crippen molar-refractivity contribution in [3.05, 3.63) is 59.2 Å². The van der Waals surface area contributed by atoms with Gasteiger partial charge in [0.05, 0.1) is 24.9 Å². The van der Waals surface area contributed by atoms with Gasteiger partial charge in [-0.15, -0.1) is 0 Å². The molecule has 0 unspecified atom stereocenters. The van der Waals surface area contributed by atoms with Gasteiger partial charge in [0.25, 0.3) is 5.91 Å². The van der Waals surface area contributed by atoms with Crippen LogP contribution in [0, 0.1) is 0 Å². The number of phenols is 1. The first-order valence-corrected chi connectivity index (χ1v) is 13.1. The highest BCUT2D eigenvalue weighted by Crippen LogP contribution is 2.22. The largest absolute Gasteiger partial charge is 0.508 e. The fourth-order valence-corrected chi connectivity index (χ4v) is 4.23. The van der Waals surface area contributed by atoms with Gasteiger partial charge in [-0.1, -0.05) is 31.0 Å². The van der Waals surface area contributed by atoms with E-state index in [0.29, 0.717) is 23.4 Å². The van der Waals surface area contributed by atoms with Crippen LogP contribution in [0.5, 0.6) is 5.75 Å². The van der Waals surface area contributed by atoms with Gasteiger partial charge in [0.15, 0.2) is 0 Å². The van der Waals surface area contributed by atoms with Gasteiger partial charge in [0, 0.05) is 25.3 Å². The Morgan fingerprint density at radius 3 is 2.41 bits per heavy atom. The maximum atomic E-state index is 11.8.